The summed E-state index contributed by atoms with van der Waals surface area (Å²) in [6.45, 7) is 2.58. The van der Waals surface area contributed by atoms with E-state index >= 15 is 0 Å². The third-order valence-electron chi connectivity index (χ3n) is 3.42. The number of hydrogen-bond acceptors (Lipinski definition) is 4. The Labute approximate surface area is 110 Å². The number of H-pyrrole nitrogens is 2. The summed E-state index contributed by atoms with van der Waals surface area (Å²) < 4.78 is 0. The smallest absolute Gasteiger partial charge is 0.238 e. The number of rotatable bonds is 3. The monoisotopic (exact) mass is 260 g/mol. The van der Waals surface area contributed by atoms with Gasteiger partial charge in [0.05, 0.1) is 36.0 Å². The topological polar surface area (TPSA) is 98.5 Å². The molecule has 0 radical (unpaired) electrons. The maximum atomic E-state index is 12.2. The molecular formula is C12H16N6O. The van der Waals surface area contributed by atoms with Crippen LogP contribution in [0.25, 0.3) is 0 Å². The predicted octanol–water partition coefficient (Wildman–Crippen LogP) is 0.0245. The van der Waals surface area contributed by atoms with Crippen molar-refractivity contribution in [2.45, 2.75) is 32.0 Å². The van der Waals surface area contributed by atoms with E-state index in [0.717, 1.165) is 17.0 Å². The van der Waals surface area contributed by atoms with Crippen LogP contribution in [-0.4, -0.2) is 32.1 Å². The summed E-state index contributed by atoms with van der Waals surface area (Å²) >= 11 is 0. The number of carbonyl (C=O) groups is 1. The summed E-state index contributed by atoms with van der Waals surface area (Å²) in [4.78, 5) is 19.5. The Kier molecular flexibility index (Phi) is 3.04. The first-order chi connectivity index (χ1) is 9.24. The van der Waals surface area contributed by atoms with Crippen LogP contribution in [0.1, 0.15) is 29.9 Å². The molecule has 1 aliphatic heterocycles. The molecular weight excluding hydrogens is 244 g/mol. The summed E-state index contributed by atoms with van der Waals surface area (Å²) in [7, 11) is 0. The number of nitrogens with one attached hydrogen (secondary N) is 4. The summed E-state index contributed by atoms with van der Waals surface area (Å²) in [5, 5.41) is 12.8. The van der Waals surface area contributed by atoms with Crippen molar-refractivity contribution in [2.24, 2.45) is 0 Å². The van der Waals surface area contributed by atoms with Gasteiger partial charge in [-0.25, -0.2) is 4.98 Å². The summed E-state index contributed by atoms with van der Waals surface area (Å²) in [6, 6.07) is -0.293. The fourth-order valence-corrected chi connectivity index (χ4v) is 2.25. The van der Waals surface area contributed by atoms with Crippen LogP contribution in [0.2, 0.25) is 0 Å². The number of aromatic amines is 2. The van der Waals surface area contributed by atoms with E-state index in [2.05, 4.69) is 30.8 Å². The molecule has 2 aromatic rings. The highest BCUT2D eigenvalue weighted by Gasteiger charge is 2.26. The van der Waals surface area contributed by atoms with Gasteiger partial charge < -0.3 is 10.3 Å². The molecule has 0 aliphatic carbocycles. The lowest BCUT2D eigenvalue weighted by Crippen LogP contribution is -2.48. The quantitative estimate of drug-likeness (QED) is 0.625. The van der Waals surface area contributed by atoms with Crippen LogP contribution in [-0.2, 0) is 17.8 Å². The second kappa shape index (κ2) is 4.85. The van der Waals surface area contributed by atoms with Crippen molar-refractivity contribution in [3.05, 3.63) is 35.7 Å². The number of amides is 1. The van der Waals surface area contributed by atoms with Gasteiger partial charge in [0, 0.05) is 24.7 Å². The van der Waals surface area contributed by atoms with Crippen molar-refractivity contribution in [3.8, 4) is 0 Å². The van der Waals surface area contributed by atoms with Crippen molar-refractivity contribution in [1.82, 2.24) is 30.8 Å². The van der Waals surface area contributed by atoms with E-state index < -0.39 is 0 Å². The van der Waals surface area contributed by atoms with Crippen LogP contribution in [0.15, 0.2) is 18.7 Å². The lowest BCUT2D eigenvalue weighted by Gasteiger charge is -2.24. The number of fused-ring (bicyclic) bond motifs is 1. The zero-order valence-electron chi connectivity index (χ0n) is 10.6. The number of hydrogen-bond donors (Lipinski definition) is 4. The zero-order chi connectivity index (χ0) is 13.2. The van der Waals surface area contributed by atoms with E-state index in [4.69, 9.17) is 0 Å². The highest BCUT2D eigenvalue weighted by molar-refractivity contribution is 5.82. The van der Waals surface area contributed by atoms with Gasteiger partial charge in [0.25, 0.3) is 0 Å². The first-order valence-electron chi connectivity index (χ1n) is 6.27. The average Bonchev–Trinajstić information content (AvgIpc) is 3.09. The van der Waals surface area contributed by atoms with Crippen molar-refractivity contribution in [2.75, 3.05) is 0 Å². The molecule has 1 amide bonds. The Morgan fingerprint density at radius 1 is 1.58 bits per heavy atom. The Morgan fingerprint density at radius 3 is 3.26 bits per heavy atom. The van der Waals surface area contributed by atoms with E-state index in [-0.39, 0.29) is 18.0 Å². The SMILES string of the molecule is CC(NC(=O)C1Cc2nc[nH]c2CN1)c1cn[nH]c1. The predicted molar refractivity (Wildman–Crippen MR) is 68.1 cm³/mol. The fourth-order valence-electron chi connectivity index (χ4n) is 2.25. The van der Waals surface area contributed by atoms with Crippen molar-refractivity contribution < 1.29 is 4.79 Å². The zero-order valence-corrected chi connectivity index (χ0v) is 10.6. The molecule has 7 heteroatoms. The van der Waals surface area contributed by atoms with Gasteiger partial charge >= 0.3 is 0 Å². The molecule has 7 nitrogen and oxygen atoms in total. The summed E-state index contributed by atoms with van der Waals surface area (Å²) in [5.41, 5.74) is 2.99. The Hall–Kier alpha value is -2.15. The molecule has 0 saturated heterocycles. The van der Waals surface area contributed by atoms with E-state index in [1.165, 1.54) is 0 Å². The van der Waals surface area contributed by atoms with Gasteiger partial charge in [-0.3, -0.25) is 15.2 Å². The molecule has 0 fully saturated rings. The van der Waals surface area contributed by atoms with E-state index in [0.29, 0.717) is 13.0 Å². The molecule has 0 spiro atoms. The Bertz CT molecular complexity index is 561. The van der Waals surface area contributed by atoms with Gasteiger partial charge in [0.15, 0.2) is 0 Å². The van der Waals surface area contributed by atoms with Crippen LogP contribution in [0.4, 0.5) is 0 Å². The van der Waals surface area contributed by atoms with Gasteiger partial charge in [0.1, 0.15) is 0 Å². The number of carbonyl (C=O) groups excluding carboxylic acids is 1. The first-order valence-corrected chi connectivity index (χ1v) is 6.27. The van der Waals surface area contributed by atoms with E-state index in [9.17, 15) is 4.79 Å². The lowest BCUT2D eigenvalue weighted by atomic mass is 10.0. The number of aromatic nitrogens is 4. The average molecular weight is 260 g/mol. The second-order valence-corrected chi connectivity index (χ2v) is 4.73. The second-order valence-electron chi connectivity index (χ2n) is 4.73. The third-order valence-corrected chi connectivity index (χ3v) is 3.42. The molecule has 2 atom stereocenters. The standard InChI is InChI=1S/C12H16N6O/c1-7(8-3-16-17-4-8)18-12(19)10-2-9-11(5-13-10)15-6-14-9/h3-4,6-7,10,13H,2,5H2,1H3,(H,14,15)(H,16,17)(H,18,19). The summed E-state index contributed by atoms with van der Waals surface area (Å²) in [5.74, 6) is -0.0117. The van der Waals surface area contributed by atoms with E-state index in [1.54, 1.807) is 18.7 Å². The first kappa shape index (κ1) is 11.9. The van der Waals surface area contributed by atoms with Gasteiger partial charge in [-0.1, -0.05) is 0 Å². The van der Waals surface area contributed by atoms with Crippen molar-refractivity contribution in [1.29, 1.82) is 0 Å². The maximum absolute atomic E-state index is 12.2. The van der Waals surface area contributed by atoms with Crippen LogP contribution in [0, 0.1) is 0 Å². The number of nitrogens with zero attached hydrogens (tertiary/aromatic N) is 2. The minimum absolute atomic E-state index is 0.0117. The molecule has 19 heavy (non-hydrogen) atoms. The summed E-state index contributed by atoms with van der Waals surface area (Å²) in [6.07, 6.45) is 5.78. The number of imidazole rings is 1. The fraction of sp³-hybridized carbons (Fsp3) is 0.417. The highest BCUT2D eigenvalue weighted by Crippen LogP contribution is 2.14. The molecule has 100 valence electrons. The Balaban J connectivity index is 1.63. The molecule has 1 aliphatic rings. The molecule has 4 N–H and O–H groups in total. The molecule has 3 rings (SSSR count). The van der Waals surface area contributed by atoms with Crippen LogP contribution in [0.5, 0.6) is 0 Å². The Morgan fingerprint density at radius 2 is 2.47 bits per heavy atom. The molecule has 2 unspecified atom stereocenters. The van der Waals surface area contributed by atoms with Crippen molar-refractivity contribution >= 4 is 5.91 Å². The molecule has 0 aromatic carbocycles. The molecule has 0 bridgehead atoms. The maximum Gasteiger partial charge on any atom is 0.238 e. The van der Waals surface area contributed by atoms with Crippen LogP contribution in [0.3, 0.4) is 0 Å². The highest BCUT2D eigenvalue weighted by atomic mass is 16.2. The molecule has 2 aromatic heterocycles. The van der Waals surface area contributed by atoms with Crippen LogP contribution < -0.4 is 10.6 Å². The van der Waals surface area contributed by atoms with E-state index in [1.807, 2.05) is 6.92 Å². The van der Waals surface area contributed by atoms with Gasteiger partial charge in [-0.05, 0) is 6.92 Å². The molecule has 3 heterocycles. The van der Waals surface area contributed by atoms with Gasteiger partial charge in [-0.2, -0.15) is 5.10 Å². The normalized spacial score (nSPS) is 19.7. The minimum Gasteiger partial charge on any atom is -0.348 e. The van der Waals surface area contributed by atoms with Crippen molar-refractivity contribution in [3.63, 3.8) is 0 Å². The molecule has 0 saturated carbocycles. The van der Waals surface area contributed by atoms with Crippen LogP contribution >= 0.6 is 0 Å². The lowest BCUT2D eigenvalue weighted by molar-refractivity contribution is -0.124. The largest absolute Gasteiger partial charge is 0.348 e. The minimum atomic E-state index is -0.231. The van der Waals surface area contributed by atoms with Gasteiger partial charge in [0.2, 0.25) is 5.91 Å². The van der Waals surface area contributed by atoms with Gasteiger partial charge in [-0.15, -0.1) is 0 Å². The third kappa shape index (κ3) is 2.37.